The van der Waals surface area contributed by atoms with E-state index >= 15 is 0 Å². The average molecular weight is 332 g/mol. The average Bonchev–Trinajstić information content (AvgIpc) is 2.41. The van der Waals surface area contributed by atoms with Crippen molar-refractivity contribution in [1.82, 2.24) is 4.72 Å². The minimum atomic E-state index is -3.49. The summed E-state index contributed by atoms with van der Waals surface area (Å²) in [6.45, 7) is 4.49. The van der Waals surface area contributed by atoms with Gasteiger partial charge in [-0.1, -0.05) is 12.1 Å². The maximum absolute atomic E-state index is 12.3. The highest BCUT2D eigenvalue weighted by atomic mass is 32.2. The van der Waals surface area contributed by atoms with Gasteiger partial charge in [-0.05, 0) is 38.2 Å². The quantitative estimate of drug-likeness (QED) is 0.570. The van der Waals surface area contributed by atoms with Crippen LogP contribution in [-0.2, 0) is 10.0 Å². The third-order valence-electron chi connectivity index (χ3n) is 2.58. The van der Waals surface area contributed by atoms with Crippen molar-refractivity contribution >= 4 is 27.5 Å². The number of hydrogen-bond acceptors (Lipinski definition) is 5. The van der Waals surface area contributed by atoms with Crippen LogP contribution in [0.25, 0.3) is 0 Å². The van der Waals surface area contributed by atoms with Gasteiger partial charge < -0.3 is 10.4 Å². The van der Waals surface area contributed by atoms with Gasteiger partial charge in [-0.25, -0.2) is 13.1 Å². The van der Waals surface area contributed by atoms with Crippen LogP contribution in [-0.4, -0.2) is 44.2 Å². The predicted octanol–water partition coefficient (Wildman–Crippen LogP) is 1.90. The van der Waals surface area contributed by atoms with Gasteiger partial charge >= 0.3 is 0 Å². The van der Waals surface area contributed by atoms with Gasteiger partial charge in [0.15, 0.2) is 0 Å². The SMILES string of the molecule is CC(C)NS(=O)(=O)c1ccccc1NCCSCCCO. The highest BCUT2D eigenvalue weighted by Gasteiger charge is 2.18. The highest BCUT2D eigenvalue weighted by molar-refractivity contribution is 7.99. The summed E-state index contributed by atoms with van der Waals surface area (Å²) in [5, 5.41) is 11.9. The summed E-state index contributed by atoms with van der Waals surface area (Å²) < 4.78 is 27.1. The van der Waals surface area contributed by atoms with E-state index in [1.807, 2.05) is 6.07 Å². The number of hydrogen-bond donors (Lipinski definition) is 3. The number of benzene rings is 1. The second kappa shape index (κ2) is 9.30. The van der Waals surface area contributed by atoms with Crippen LogP contribution in [0.1, 0.15) is 20.3 Å². The lowest BCUT2D eigenvalue weighted by molar-refractivity contribution is 0.296. The Morgan fingerprint density at radius 2 is 1.95 bits per heavy atom. The molecule has 7 heteroatoms. The number of thioether (sulfide) groups is 1. The molecule has 0 bridgehead atoms. The highest BCUT2D eigenvalue weighted by Crippen LogP contribution is 2.21. The van der Waals surface area contributed by atoms with E-state index < -0.39 is 10.0 Å². The number of aliphatic hydroxyl groups excluding tert-OH is 1. The molecule has 0 fully saturated rings. The Balaban J connectivity index is 2.63. The minimum Gasteiger partial charge on any atom is -0.396 e. The van der Waals surface area contributed by atoms with Gasteiger partial charge in [-0.2, -0.15) is 11.8 Å². The second-order valence-corrected chi connectivity index (χ2v) is 7.80. The molecule has 3 N–H and O–H groups in total. The van der Waals surface area contributed by atoms with Crippen LogP contribution < -0.4 is 10.0 Å². The summed E-state index contributed by atoms with van der Waals surface area (Å²) in [4.78, 5) is 0.277. The molecule has 21 heavy (non-hydrogen) atoms. The normalized spacial score (nSPS) is 11.8. The lowest BCUT2D eigenvalue weighted by Gasteiger charge is -2.14. The molecular formula is C14H24N2O3S2. The van der Waals surface area contributed by atoms with E-state index in [4.69, 9.17) is 5.11 Å². The maximum Gasteiger partial charge on any atom is 0.242 e. The molecule has 0 saturated heterocycles. The van der Waals surface area contributed by atoms with E-state index in [0.717, 1.165) is 17.9 Å². The van der Waals surface area contributed by atoms with Gasteiger partial charge in [0.05, 0.1) is 5.69 Å². The summed E-state index contributed by atoms with van der Waals surface area (Å²) in [6, 6.07) is 6.77. The van der Waals surface area contributed by atoms with Crippen LogP contribution in [0.5, 0.6) is 0 Å². The molecule has 1 aromatic rings. The predicted molar refractivity (Wildman–Crippen MR) is 89.4 cm³/mol. The number of para-hydroxylation sites is 1. The molecule has 0 aromatic heterocycles. The molecule has 0 spiro atoms. The second-order valence-electron chi connectivity index (χ2n) is 4.89. The van der Waals surface area contributed by atoms with Gasteiger partial charge in [0.25, 0.3) is 0 Å². The molecule has 1 rings (SSSR count). The molecule has 0 saturated carbocycles. The first kappa shape index (κ1) is 18.3. The number of nitrogens with one attached hydrogen (secondary N) is 2. The van der Waals surface area contributed by atoms with Crippen LogP contribution in [0, 0.1) is 0 Å². The Labute approximate surface area is 131 Å². The zero-order chi connectivity index (χ0) is 15.7. The molecule has 0 unspecified atom stereocenters. The smallest absolute Gasteiger partial charge is 0.242 e. The van der Waals surface area contributed by atoms with Crippen molar-refractivity contribution in [3.05, 3.63) is 24.3 Å². The molecule has 0 atom stereocenters. The molecule has 0 radical (unpaired) electrons. The third kappa shape index (κ3) is 6.69. The van der Waals surface area contributed by atoms with Gasteiger partial charge in [0.2, 0.25) is 10.0 Å². The van der Waals surface area contributed by atoms with Crippen molar-refractivity contribution in [2.24, 2.45) is 0 Å². The van der Waals surface area contributed by atoms with E-state index in [9.17, 15) is 8.42 Å². The topological polar surface area (TPSA) is 78.4 Å². The Morgan fingerprint density at radius 1 is 1.24 bits per heavy atom. The van der Waals surface area contributed by atoms with Crippen LogP contribution in [0.4, 0.5) is 5.69 Å². The molecule has 0 aliphatic carbocycles. The number of rotatable bonds is 10. The first-order valence-electron chi connectivity index (χ1n) is 7.01. The standard InChI is InChI=1S/C14H24N2O3S2/c1-12(2)16-21(18,19)14-7-4-3-6-13(14)15-8-11-20-10-5-9-17/h3-4,6-7,12,15-17H,5,8-11H2,1-2H3. The van der Waals surface area contributed by atoms with Gasteiger partial charge in [-0.3, -0.25) is 0 Å². The summed E-state index contributed by atoms with van der Waals surface area (Å²) in [5.74, 6) is 1.78. The maximum atomic E-state index is 12.3. The van der Waals surface area contributed by atoms with Crippen LogP contribution in [0.3, 0.4) is 0 Å². The van der Waals surface area contributed by atoms with Gasteiger partial charge in [0.1, 0.15) is 4.90 Å². The molecule has 0 amide bonds. The van der Waals surface area contributed by atoms with Crippen molar-refractivity contribution in [2.75, 3.05) is 30.0 Å². The number of sulfonamides is 1. The zero-order valence-electron chi connectivity index (χ0n) is 12.5. The summed E-state index contributed by atoms with van der Waals surface area (Å²) in [5.41, 5.74) is 0.619. The van der Waals surface area contributed by atoms with Crippen molar-refractivity contribution in [2.45, 2.75) is 31.2 Å². The van der Waals surface area contributed by atoms with E-state index in [2.05, 4.69) is 10.0 Å². The fraction of sp³-hybridized carbons (Fsp3) is 0.571. The Hall–Kier alpha value is -0.760. The first-order chi connectivity index (χ1) is 9.97. The Morgan fingerprint density at radius 3 is 2.62 bits per heavy atom. The largest absolute Gasteiger partial charge is 0.396 e. The van der Waals surface area contributed by atoms with E-state index in [1.54, 1.807) is 43.8 Å². The first-order valence-corrected chi connectivity index (χ1v) is 9.65. The van der Waals surface area contributed by atoms with Crippen molar-refractivity contribution in [3.8, 4) is 0 Å². The van der Waals surface area contributed by atoms with E-state index in [0.29, 0.717) is 12.2 Å². The van der Waals surface area contributed by atoms with E-state index in [-0.39, 0.29) is 17.5 Å². The summed E-state index contributed by atoms with van der Waals surface area (Å²) >= 11 is 1.73. The van der Waals surface area contributed by atoms with Crippen molar-refractivity contribution < 1.29 is 13.5 Å². The number of aliphatic hydroxyl groups is 1. The lowest BCUT2D eigenvalue weighted by Crippen LogP contribution is -2.30. The van der Waals surface area contributed by atoms with E-state index in [1.165, 1.54) is 0 Å². The molecule has 0 aliphatic rings. The monoisotopic (exact) mass is 332 g/mol. The molecule has 1 aromatic carbocycles. The fourth-order valence-electron chi connectivity index (χ4n) is 1.75. The van der Waals surface area contributed by atoms with Crippen LogP contribution in [0.2, 0.25) is 0 Å². The summed E-state index contributed by atoms with van der Waals surface area (Å²) in [6.07, 6.45) is 0.786. The molecule has 0 heterocycles. The number of anilines is 1. The molecule has 120 valence electrons. The Bertz CT molecular complexity index is 519. The van der Waals surface area contributed by atoms with Crippen molar-refractivity contribution in [1.29, 1.82) is 0 Å². The van der Waals surface area contributed by atoms with Crippen LogP contribution >= 0.6 is 11.8 Å². The molecular weight excluding hydrogens is 308 g/mol. The molecule has 5 nitrogen and oxygen atoms in total. The molecule has 0 aliphatic heterocycles. The summed E-state index contributed by atoms with van der Waals surface area (Å²) in [7, 11) is -3.49. The third-order valence-corrected chi connectivity index (χ3v) is 5.36. The fourth-order valence-corrected chi connectivity index (χ4v) is 3.97. The van der Waals surface area contributed by atoms with Crippen molar-refractivity contribution in [3.63, 3.8) is 0 Å². The van der Waals surface area contributed by atoms with Crippen LogP contribution in [0.15, 0.2) is 29.2 Å². The van der Waals surface area contributed by atoms with Gasteiger partial charge in [-0.15, -0.1) is 0 Å². The minimum absolute atomic E-state index is 0.142. The Kier molecular flexibility index (Phi) is 8.10. The van der Waals surface area contributed by atoms with Gasteiger partial charge in [0, 0.05) is 24.9 Å². The zero-order valence-corrected chi connectivity index (χ0v) is 14.1. The lowest BCUT2D eigenvalue weighted by atomic mass is 10.3.